The number of ether oxygens (including phenoxy) is 3. The largest absolute Gasteiger partial charge is 0.479 e. The molecule has 0 aromatic heterocycles. The van der Waals surface area contributed by atoms with Crippen molar-refractivity contribution in [1.82, 2.24) is 10.4 Å². The predicted octanol–water partition coefficient (Wildman–Crippen LogP) is 2.77. The highest BCUT2D eigenvalue weighted by atomic mass is 16.6. The Hall–Kier alpha value is -4.59. The Balaban J connectivity index is 2.28. The molecule has 0 saturated heterocycles. The minimum Gasteiger partial charge on any atom is -0.479 e. The fourth-order valence-corrected chi connectivity index (χ4v) is 2.74. The van der Waals surface area contributed by atoms with Gasteiger partial charge in [-0.15, -0.1) is 0 Å². The van der Waals surface area contributed by atoms with Gasteiger partial charge in [0.15, 0.2) is 0 Å². The molecule has 1 unspecified atom stereocenters. The van der Waals surface area contributed by atoms with Crippen molar-refractivity contribution < 1.29 is 38.5 Å². The van der Waals surface area contributed by atoms with Crippen molar-refractivity contribution in [3.05, 3.63) is 71.8 Å². The Labute approximate surface area is 195 Å². The van der Waals surface area contributed by atoms with Crippen LogP contribution < -0.4 is 5.43 Å². The van der Waals surface area contributed by atoms with E-state index in [1.807, 2.05) is 5.43 Å². The highest BCUT2D eigenvalue weighted by molar-refractivity contribution is 5.93. The Morgan fingerprint density at radius 1 is 0.941 bits per heavy atom. The first kappa shape index (κ1) is 25.7. The molecule has 0 saturated carbocycles. The third kappa shape index (κ3) is 6.96. The van der Waals surface area contributed by atoms with Crippen LogP contribution in [0.5, 0.6) is 0 Å². The zero-order valence-electron chi connectivity index (χ0n) is 18.3. The molecule has 2 N–H and O–H groups in total. The Bertz CT molecular complexity index is 1040. The monoisotopic (exact) mass is 469 g/mol. The molecule has 0 spiro atoms. The Morgan fingerprint density at radius 3 is 1.94 bits per heavy atom. The molecular weight excluding hydrogens is 446 g/mol. The smallest absolute Gasteiger partial charge is 0.431 e. The lowest BCUT2D eigenvalue weighted by atomic mass is 9.96. The standard InChI is InChI=1S/C23H23N3O8/c1-2-32-19(27)13-23(16-24,20(28)29)26(22(31)34-15-18-11-7-4-8-12-18)25-21(30)33-14-17-9-5-3-6-10-17/h3-12H,2,13-15H2,1H3,(H,25,30)(H,28,29). The number of nitrogens with zero attached hydrogens (tertiary/aromatic N) is 2. The summed E-state index contributed by atoms with van der Waals surface area (Å²) in [5.41, 5.74) is 0.240. The third-order valence-electron chi connectivity index (χ3n) is 4.43. The van der Waals surface area contributed by atoms with Crippen LogP contribution in [0.1, 0.15) is 24.5 Å². The lowest BCUT2D eigenvalue weighted by Gasteiger charge is -2.33. The van der Waals surface area contributed by atoms with Gasteiger partial charge in [0.2, 0.25) is 0 Å². The Morgan fingerprint density at radius 2 is 1.47 bits per heavy atom. The predicted molar refractivity (Wildman–Crippen MR) is 115 cm³/mol. The molecule has 2 aromatic carbocycles. The van der Waals surface area contributed by atoms with Crippen molar-refractivity contribution >= 4 is 24.1 Å². The number of carboxylic acids is 1. The van der Waals surface area contributed by atoms with Crippen molar-refractivity contribution in [2.45, 2.75) is 32.1 Å². The molecule has 2 rings (SSSR count). The van der Waals surface area contributed by atoms with Gasteiger partial charge < -0.3 is 19.3 Å². The van der Waals surface area contributed by atoms with Crippen molar-refractivity contribution in [3.8, 4) is 6.07 Å². The molecule has 34 heavy (non-hydrogen) atoms. The number of esters is 1. The lowest BCUT2D eigenvalue weighted by Crippen LogP contribution is -2.64. The summed E-state index contributed by atoms with van der Waals surface area (Å²) >= 11 is 0. The summed E-state index contributed by atoms with van der Waals surface area (Å²) in [5, 5.41) is 19.6. The van der Waals surface area contributed by atoms with Crippen molar-refractivity contribution in [3.63, 3.8) is 0 Å². The number of aliphatic carboxylic acids is 1. The number of amides is 2. The number of rotatable bonds is 9. The average Bonchev–Trinajstić information content (AvgIpc) is 2.84. The molecule has 178 valence electrons. The van der Waals surface area contributed by atoms with Gasteiger partial charge in [-0.05, 0) is 18.1 Å². The van der Waals surface area contributed by atoms with E-state index >= 15 is 0 Å². The van der Waals surface area contributed by atoms with Crippen LogP contribution >= 0.6 is 0 Å². The first-order valence-corrected chi connectivity index (χ1v) is 10.1. The van der Waals surface area contributed by atoms with E-state index in [-0.39, 0.29) is 24.8 Å². The highest BCUT2D eigenvalue weighted by Gasteiger charge is 2.52. The van der Waals surface area contributed by atoms with E-state index in [4.69, 9.17) is 14.2 Å². The maximum atomic E-state index is 12.8. The first-order valence-electron chi connectivity index (χ1n) is 10.1. The quantitative estimate of drug-likeness (QED) is 0.320. The summed E-state index contributed by atoms with van der Waals surface area (Å²) in [5.74, 6) is -2.96. The van der Waals surface area contributed by atoms with E-state index in [1.165, 1.54) is 13.0 Å². The van der Waals surface area contributed by atoms with E-state index < -0.39 is 36.1 Å². The molecule has 0 aliphatic carbocycles. The number of hydrogen-bond acceptors (Lipinski definition) is 8. The van der Waals surface area contributed by atoms with Crippen LogP contribution in [0.4, 0.5) is 9.59 Å². The lowest BCUT2D eigenvalue weighted by molar-refractivity contribution is -0.157. The molecule has 0 heterocycles. The van der Waals surface area contributed by atoms with Crippen molar-refractivity contribution in [1.29, 1.82) is 5.26 Å². The minimum atomic E-state index is -2.87. The maximum absolute atomic E-state index is 12.8. The van der Waals surface area contributed by atoms with Gasteiger partial charge in [-0.1, -0.05) is 60.7 Å². The molecule has 11 heteroatoms. The van der Waals surface area contributed by atoms with E-state index in [1.54, 1.807) is 60.7 Å². The SMILES string of the molecule is CCOC(=O)CC(C#N)(C(=O)O)N(NC(=O)OCc1ccccc1)C(=O)OCc1ccccc1. The van der Waals surface area contributed by atoms with E-state index in [2.05, 4.69) is 0 Å². The molecule has 0 aliphatic rings. The topological polar surface area (TPSA) is 155 Å². The van der Waals surface area contributed by atoms with E-state index in [0.29, 0.717) is 11.1 Å². The molecule has 0 bridgehead atoms. The molecule has 0 radical (unpaired) electrons. The number of carbonyl (C=O) groups is 4. The summed E-state index contributed by atoms with van der Waals surface area (Å²) in [6.45, 7) is 0.893. The number of nitriles is 1. The van der Waals surface area contributed by atoms with Gasteiger partial charge in [0, 0.05) is 0 Å². The first-order chi connectivity index (χ1) is 16.3. The number of hydrogen-bond donors (Lipinski definition) is 2. The maximum Gasteiger partial charge on any atom is 0.431 e. The van der Waals surface area contributed by atoms with Crippen LogP contribution in [0, 0.1) is 11.3 Å². The van der Waals surface area contributed by atoms with Crippen LogP contribution in [0.2, 0.25) is 0 Å². The molecule has 0 fully saturated rings. The van der Waals surface area contributed by atoms with Crippen LogP contribution in [-0.4, -0.2) is 46.4 Å². The van der Waals surface area contributed by atoms with Crippen LogP contribution in [0.15, 0.2) is 60.7 Å². The van der Waals surface area contributed by atoms with Gasteiger partial charge >= 0.3 is 24.1 Å². The fourth-order valence-electron chi connectivity index (χ4n) is 2.74. The number of carbonyl (C=O) groups excluding carboxylic acids is 3. The van der Waals surface area contributed by atoms with Crippen LogP contribution in [0.25, 0.3) is 0 Å². The van der Waals surface area contributed by atoms with Gasteiger partial charge in [0.1, 0.15) is 19.3 Å². The summed E-state index contributed by atoms with van der Waals surface area (Å²) < 4.78 is 14.9. The molecule has 0 aliphatic heterocycles. The fraction of sp³-hybridized carbons (Fsp3) is 0.261. The molecule has 2 amide bonds. The van der Waals surface area contributed by atoms with Crippen molar-refractivity contribution in [2.75, 3.05) is 6.61 Å². The number of hydrazine groups is 1. The summed E-state index contributed by atoms with van der Waals surface area (Å²) in [6, 6.07) is 18.4. The van der Waals surface area contributed by atoms with Gasteiger partial charge in [-0.2, -0.15) is 10.3 Å². The van der Waals surface area contributed by atoms with Crippen molar-refractivity contribution in [2.24, 2.45) is 0 Å². The van der Waals surface area contributed by atoms with E-state index in [0.717, 1.165) is 0 Å². The highest BCUT2D eigenvalue weighted by Crippen LogP contribution is 2.21. The van der Waals surface area contributed by atoms with Crippen LogP contribution in [0.3, 0.4) is 0 Å². The summed E-state index contributed by atoms with van der Waals surface area (Å²) in [6.07, 6.45) is -3.72. The van der Waals surface area contributed by atoms with E-state index in [9.17, 15) is 29.5 Å². The minimum absolute atomic E-state index is 0.0923. The second-order valence-corrected chi connectivity index (χ2v) is 6.81. The number of benzene rings is 2. The normalized spacial score (nSPS) is 11.8. The second-order valence-electron chi connectivity index (χ2n) is 6.81. The zero-order valence-corrected chi connectivity index (χ0v) is 18.3. The zero-order chi connectivity index (χ0) is 25.0. The Kier molecular flexibility index (Phi) is 9.40. The van der Waals surface area contributed by atoms with Gasteiger partial charge in [-0.3, -0.25) is 4.79 Å². The summed E-state index contributed by atoms with van der Waals surface area (Å²) in [7, 11) is 0. The molecule has 2 aromatic rings. The molecular formula is C23H23N3O8. The number of nitrogens with one attached hydrogen (secondary N) is 1. The summed E-state index contributed by atoms with van der Waals surface area (Å²) in [4.78, 5) is 49.4. The van der Waals surface area contributed by atoms with Gasteiger partial charge in [0.25, 0.3) is 5.54 Å². The molecule has 11 nitrogen and oxygen atoms in total. The third-order valence-corrected chi connectivity index (χ3v) is 4.43. The van der Waals surface area contributed by atoms with Crippen LogP contribution in [-0.2, 0) is 37.0 Å². The van der Waals surface area contributed by atoms with Gasteiger partial charge in [-0.25, -0.2) is 19.8 Å². The molecule has 1 atom stereocenters. The number of carboxylic acid groups (broad SMARTS) is 1. The van der Waals surface area contributed by atoms with Gasteiger partial charge in [0.05, 0.1) is 13.0 Å². The average molecular weight is 469 g/mol. The second kappa shape index (κ2) is 12.4.